The molecule has 0 bridgehead atoms. The number of halogens is 1. The second-order valence-corrected chi connectivity index (χ2v) is 8.31. The van der Waals surface area contributed by atoms with Gasteiger partial charge in [-0.1, -0.05) is 13.8 Å². The largest absolute Gasteiger partial charge is 0.326 e. The van der Waals surface area contributed by atoms with E-state index in [-0.39, 0.29) is 28.5 Å². The summed E-state index contributed by atoms with van der Waals surface area (Å²) in [5, 5.41) is 0. The van der Waals surface area contributed by atoms with Gasteiger partial charge in [-0.2, -0.15) is 0 Å². The molecule has 1 aliphatic carbocycles. The van der Waals surface area contributed by atoms with E-state index in [1.54, 1.807) is 0 Å². The van der Waals surface area contributed by atoms with Crippen LogP contribution < -0.4 is 10.5 Å². The Morgan fingerprint density at radius 3 is 2.62 bits per heavy atom. The highest BCUT2D eigenvalue weighted by Gasteiger charge is 2.34. The molecule has 1 atom stereocenters. The summed E-state index contributed by atoms with van der Waals surface area (Å²) < 4.78 is 41.6. The van der Waals surface area contributed by atoms with Gasteiger partial charge < -0.3 is 5.73 Å². The first-order chi connectivity index (χ1) is 9.64. The molecule has 0 radical (unpaired) electrons. The van der Waals surface area contributed by atoms with Crippen molar-refractivity contribution in [2.24, 2.45) is 11.1 Å². The Morgan fingerprint density at radius 1 is 1.43 bits per heavy atom. The van der Waals surface area contributed by atoms with Crippen LogP contribution in [0.1, 0.15) is 44.2 Å². The molecule has 0 aromatic heterocycles. The Labute approximate surface area is 126 Å². The Bertz CT molecular complexity index is 641. The summed E-state index contributed by atoms with van der Waals surface area (Å²) in [5.74, 6) is -0.537. The Balaban J connectivity index is 2.30. The van der Waals surface area contributed by atoms with Crippen LogP contribution in [-0.4, -0.2) is 14.5 Å². The summed E-state index contributed by atoms with van der Waals surface area (Å²) in [6.07, 6.45) is 2.59. The third-order valence-electron chi connectivity index (χ3n) is 4.17. The summed E-state index contributed by atoms with van der Waals surface area (Å²) in [7, 11) is -3.73. The quantitative estimate of drug-likeness (QED) is 0.896. The Hall–Kier alpha value is -0.980. The van der Waals surface area contributed by atoms with Gasteiger partial charge in [0.2, 0.25) is 10.0 Å². The molecule has 0 aliphatic heterocycles. The highest BCUT2D eigenvalue weighted by Crippen LogP contribution is 2.37. The minimum absolute atomic E-state index is 0.00680. The fourth-order valence-electron chi connectivity index (χ4n) is 2.92. The van der Waals surface area contributed by atoms with Crippen LogP contribution in [0, 0.1) is 18.2 Å². The standard InChI is InChI=1S/C15H23FN2O2S/c1-10-13(16)6-11(9-17)7-14(10)21(19,20)18-12-4-5-15(2,3)8-12/h6-7,12,18H,4-5,8-9,17H2,1-3H3. The fraction of sp³-hybridized carbons (Fsp3) is 0.600. The number of nitrogens with two attached hydrogens (primary N) is 1. The van der Waals surface area contributed by atoms with Crippen molar-refractivity contribution in [1.29, 1.82) is 0 Å². The van der Waals surface area contributed by atoms with Crippen LogP contribution in [0.2, 0.25) is 0 Å². The van der Waals surface area contributed by atoms with Crippen molar-refractivity contribution in [3.05, 3.63) is 29.1 Å². The van der Waals surface area contributed by atoms with E-state index in [1.807, 2.05) is 0 Å². The molecule has 2 rings (SSSR count). The molecule has 6 heteroatoms. The van der Waals surface area contributed by atoms with Crippen LogP contribution in [0.15, 0.2) is 17.0 Å². The van der Waals surface area contributed by atoms with E-state index in [9.17, 15) is 12.8 Å². The lowest BCUT2D eigenvalue weighted by Gasteiger charge is -2.19. The molecule has 1 aromatic rings. The lowest BCUT2D eigenvalue weighted by molar-refractivity contribution is 0.372. The van der Waals surface area contributed by atoms with E-state index in [1.165, 1.54) is 19.1 Å². The van der Waals surface area contributed by atoms with E-state index in [2.05, 4.69) is 18.6 Å². The third-order valence-corrected chi connectivity index (χ3v) is 5.82. The van der Waals surface area contributed by atoms with Gasteiger partial charge in [0.15, 0.2) is 0 Å². The van der Waals surface area contributed by atoms with Gasteiger partial charge in [-0.15, -0.1) is 0 Å². The molecule has 0 saturated heterocycles. The van der Waals surface area contributed by atoms with Crippen molar-refractivity contribution in [1.82, 2.24) is 4.72 Å². The van der Waals surface area contributed by atoms with E-state index in [0.29, 0.717) is 5.56 Å². The SMILES string of the molecule is Cc1c(F)cc(CN)cc1S(=O)(=O)NC1CCC(C)(C)C1. The second kappa shape index (κ2) is 5.66. The monoisotopic (exact) mass is 314 g/mol. The fourth-order valence-corrected chi connectivity index (χ4v) is 4.50. The van der Waals surface area contributed by atoms with Gasteiger partial charge in [-0.3, -0.25) is 0 Å². The molecule has 0 amide bonds. The topological polar surface area (TPSA) is 72.2 Å². The molecule has 1 fully saturated rings. The van der Waals surface area contributed by atoms with E-state index < -0.39 is 15.8 Å². The van der Waals surface area contributed by atoms with Crippen molar-refractivity contribution < 1.29 is 12.8 Å². The average Bonchev–Trinajstić information content (AvgIpc) is 2.70. The highest BCUT2D eigenvalue weighted by atomic mass is 32.2. The van der Waals surface area contributed by atoms with Crippen LogP contribution in [0.3, 0.4) is 0 Å². The van der Waals surface area contributed by atoms with Gasteiger partial charge in [0.05, 0.1) is 4.90 Å². The summed E-state index contributed by atoms with van der Waals surface area (Å²) in [5.41, 5.74) is 6.26. The second-order valence-electron chi connectivity index (χ2n) is 6.63. The minimum atomic E-state index is -3.73. The summed E-state index contributed by atoms with van der Waals surface area (Å²) in [6.45, 7) is 5.83. The normalized spacial score (nSPS) is 21.7. The zero-order valence-electron chi connectivity index (χ0n) is 12.7. The number of nitrogens with one attached hydrogen (secondary N) is 1. The van der Waals surface area contributed by atoms with Gasteiger partial charge in [-0.05, 0) is 49.3 Å². The van der Waals surface area contributed by atoms with E-state index >= 15 is 0 Å². The van der Waals surface area contributed by atoms with Crippen LogP contribution in [0.5, 0.6) is 0 Å². The zero-order chi connectivity index (χ0) is 15.8. The summed E-state index contributed by atoms with van der Waals surface area (Å²) in [4.78, 5) is -0.00680. The Morgan fingerprint density at radius 2 is 2.10 bits per heavy atom. The van der Waals surface area contributed by atoms with Crippen molar-refractivity contribution in [2.75, 3.05) is 0 Å². The van der Waals surface area contributed by atoms with Crippen LogP contribution in [0.4, 0.5) is 4.39 Å². The van der Waals surface area contributed by atoms with Crippen LogP contribution >= 0.6 is 0 Å². The molecular weight excluding hydrogens is 291 g/mol. The number of sulfonamides is 1. The first-order valence-electron chi connectivity index (χ1n) is 7.16. The molecule has 1 unspecified atom stereocenters. The van der Waals surface area contributed by atoms with Crippen LogP contribution in [0.25, 0.3) is 0 Å². The predicted octanol–water partition coefficient (Wildman–Crippen LogP) is 2.45. The molecular formula is C15H23FN2O2S. The highest BCUT2D eigenvalue weighted by molar-refractivity contribution is 7.89. The number of hydrogen-bond acceptors (Lipinski definition) is 3. The van der Waals surface area contributed by atoms with Crippen molar-refractivity contribution in [3.8, 4) is 0 Å². The molecule has 0 heterocycles. The lowest BCUT2D eigenvalue weighted by Crippen LogP contribution is -2.34. The van der Waals surface area contributed by atoms with Gasteiger partial charge in [0.25, 0.3) is 0 Å². The number of hydrogen-bond donors (Lipinski definition) is 2. The van der Waals surface area contributed by atoms with Crippen molar-refractivity contribution >= 4 is 10.0 Å². The number of benzene rings is 1. The van der Waals surface area contributed by atoms with Gasteiger partial charge in [0.1, 0.15) is 5.82 Å². The molecule has 1 saturated carbocycles. The van der Waals surface area contributed by atoms with Crippen molar-refractivity contribution in [3.63, 3.8) is 0 Å². The van der Waals surface area contributed by atoms with E-state index in [0.717, 1.165) is 19.3 Å². The number of rotatable bonds is 4. The summed E-state index contributed by atoms with van der Waals surface area (Å²) >= 11 is 0. The van der Waals surface area contributed by atoms with Crippen LogP contribution in [-0.2, 0) is 16.6 Å². The zero-order valence-corrected chi connectivity index (χ0v) is 13.6. The summed E-state index contributed by atoms with van der Waals surface area (Å²) in [6, 6.07) is 2.66. The van der Waals surface area contributed by atoms with E-state index in [4.69, 9.17) is 5.73 Å². The predicted molar refractivity (Wildman–Crippen MR) is 80.8 cm³/mol. The smallest absolute Gasteiger partial charge is 0.241 e. The molecule has 1 aromatic carbocycles. The molecule has 21 heavy (non-hydrogen) atoms. The molecule has 118 valence electrons. The van der Waals surface area contributed by atoms with Crippen molar-refractivity contribution in [2.45, 2.75) is 57.5 Å². The van der Waals surface area contributed by atoms with Gasteiger partial charge in [0, 0.05) is 18.2 Å². The first kappa shape index (κ1) is 16.4. The van der Waals surface area contributed by atoms with Gasteiger partial charge in [-0.25, -0.2) is 17.5 Å². The maximum absolute atomic E-state index is 13.8. The van der Waals surface area contributed by atoms with Gasteiger partial charge >= 0.3 is 0 Å². The maximum atomic E-state index is 13.8. The average molecular weight is 314 g/mol. The first-order valence-corrected chi connectivity index (χ1v) is 8.64. The lowest BCUT2D eigenvalue weighted by atomic mass is 9.92. The molecule has 3 N–H and O–H groups in total. The molecule has 0 spiro atoms. The third kappa shape index (κ3) is 3.62. The molecule has 1 aliphatic rings. The maximum Gasteiger partial charge on any atom is 0.241 e. The molecule has 4 nitrogen and oxygen atoms in total. The minimum Gasteiger partial charge on any atom is -0.326 e. The Kier molecular flexibility index (Phi) is 4.42.